The van der Waals surface area contributed by atoms with Crippen LogP contribution in [0.3, 0.4) is 0 Å². The van der Waals surface area contributed by atoms with E-state index in [1.165, 1.54) is 18.4 Å². The molecule has 1 aromatic carbocycles. The number of amides is 1. The number of alkyl halides is 2. The number of fused-ring (bicyclic) bond motifs is 2. The van der Waals surface area contributed by atoms with Crippen LogP contribution in [0.25, 0.3) is 0 Å². The number of hydrogen-bond donors (Lipinski definition) is 2. The Morgan fingerprint density at radius 2 is 1.77 bits per heavy atom. The molecule has 1 unspecified atom stereocenters. The SMILES string of the molecule is CCCC(CC)C(F)F.CCCC1CC(N2C(=O)C3(CCNCC3)c3ccc([B]OC(C)(C)C(C)(C)S)cc32)C1. The lowest BCUT2D eigenvalue weighted by molar-refractivity contribution is -0.125. The molecular formula is C32H52BF2N2O2S. The van der Waals surface area contributed by atoms with Crippen molar-refractivity contribution in [3.05, 3.63) is 23.8 Å². The summed E-state index contributed by atoms with van der Waals surface area (Å²) in [6.07, 6.45) is 6.57. The van der Waals surface area contributed by atoms with Gasteiger partial charge in [0.2, 0.25) is 12.3 Å². The molecule has 3 aliphatic rings. The van der Waals surface area contributed by atoms with E-state index in [0.717, 1.165) is 62.3 Å². The summed E-state index contributed by atoms with van der Waals surface area (Å²) in [7, 11) is 1.84. The minimum Gasteiger partial charge on any atom is -0.428 e. The summed E-state index contributed by atoms with van der Waals surface area (Å²) in [5, 5.41) is 3.44. The van der Waals surface area contributed by atoms with Crippen molar-refractivity contribution in [2.75, 3.05) is 18.0 Å². The van der Waals surface area contributed by atoms with Crippen LogP contribution in [0.5, 0.6) is 0 Å². The van der Waals surface area contributed by atoms with Gasteiger partial charge in [-0.3, -0.25) is 4.79 Å². The Balaban J connectivity index is 0.000000424. The highest BCUT2D eigenvalue weighted by Crippen LogP contribution is 2.50. The second-order valence-corrected chi connectivity index (χ2v) is 14.3. The van der Waals surface area contributed by atoms with Gasteiger partial charge in [-0.2, -0.15) is 12.6 Å². The fourth-order valence-electron chi connectivity index (χ4n) is 6.17. The van der Waals surface area contributed by atoms with Gasteiger partial charge < -0.3 is 14.9 Å². The number of nitrogens with one attached hydrogen (secondary N) is 1. The van der Waals surface area contributed by atoms with Gasteiger partial charge in [-0.25, -0.2) is 8.78 Å². The van der Waals surface area contributed by atoms with Crippen molar-refractivity contribution in [2.45, 2.75) is 134 Å². The zero-order chi connectivity index (χ0) is 29.7. The molecule has 1 atom stereocenters. The van der Waals surface area contributed by atoms with Crippen LogP contribution in [-0.2, 0) is 14.9 Å². The predicted molar refractivity (Wildman–Crippen MR) is 167 cm³/mol. The van der Waals surface area contributed by atoms with Crippen molar-refractivity contribution < 1.29 is 18.2 Å². The average Bonchev–Trinajstić information content (AvgIpc) is 3.10. The number of carbonyl (C=O) groups is 1. The molecule has 2 aliphatic heterocycles. The van der Waals surface area contributed by atoms with Crippen LogP contribution in [-0.4, -0.2) is 49.3 Å². The first-order valence-corrected chi connectivity index (χ1v) is 16.0. The van der Waals surface area contributed by atoms with Crippen LogP contribution >= 0.6 is 12.6 Å². The Morgan fingerprint density at radius 3 is 2.27 bits per heavy atom. The smallest absolute Gasteiger partial charge is 0.330 e. The van der Waals surface area contributed by atoms with Gasteiger partial charge in [0.1, 0.15) is 0 Å². The third kappa shape index (κ3) is 7.26. The summed E-state index contributed by atoms with van der Waals surface area (Å²) in [6.45, 7) is 16.1. The maximum absolute atomic E-state index is 13.8. The Morgan fingerprint density at radius 1 is 1.12 bits per heavy atom. The third-order valence-corrected chi connectivity index (χ3v) is 10.2. The number of carbonyl (C=O) groups excluding carboxylic acids is 1. The Bertz CT molecular complexity index is 972. The van der Waals surface area contributed by atoms with E-state index in [2.05, 4.69) is 63.0 Å². The summed E-state index contributed by atoms with van der Waals surface area (Å²) in [5.74, 6) is 0.737. The Kier molecular flexibility index (Phi) is 11.6. The first-order chi connectivity index (χ1) is 18.8. The summed E-state index contributed by atoms with van der Waals surface area (Å²) < 4.78 is 29.7. The molecule has 1 N–H and O–H groups in total. The molecule has 8 heteroatoms. The number of nitrogens with zero attached hydrogens (tertiary/aromatic N) is 1. The average molecular weight is 578 g/mol. The molecule has 1 aliphatic carbocycles. The first-order valence-electron chi connectivity index (χ1n) is 15.5. The molecule has 0 bridgehead atoms. The summed E-state index contributed by atoms with van der Waals surface area (Å²) in [5.41, 5.74) is 2.60. The maximum Gasteiger partial charge on any atom is 0.330 e. The molecule has 1 amide bonds. The number of piperidine rings is 1. The second-order valence-electron chi connectivity index (χ2n) is 13.2. The van der Waals surface area contributed by atoms with E-state index in [9.17, 15) is 13.6 Å². The molecule has 1 radical (unpaired) electrons. The van der Waals surface area contributed by atoms with Gasteiger partial charge in [0.15, 0.2) is 0 Å². The minimum absolute atomic E-state index is 0.276. The maximum atomic E-state index is 13.8. The molecule has 4 rings (SSSR count). The Hall–Kier alpha value is -1.12. The van der Waals surface area contributed by atoms with Crippen LogP contribution in [0.4, 0.5) is 14.5 Å². The summed E-state index contributed by atoms with van der Waals surface area (Å²) >= 11 is 4.71. The lowest BCUT2D eigenvalue weighted by Gasteiger charge is -2.43. The number of rotatable bonds is 11. The first kappa shape index (κ1) is 33.4. The molecule has 2 heterocycles. The van der Waals surface area contributed by atoms with E-state index in [4.69, 9.17) is 17.3 Å². The van der Waals surface area contributed by atoms with Crippen LogP contribution in [0, 0.1) is 11.8 Å². The van der Waals surface area contributed by atoms with E-state index >= 15 is 0 Å². The fourth-order valence-corrected chi connectivity index (χ4v) is 6.23. The normalized spacial score (nSPS) is 23.0. The second kappa shape index (κ2) is 13.9. The topological polar surface area (TPSA) is 41.6 Å². The zero-order valence-corrected chi connectivity index (χ0v) is 26.8. The zero-order valence-electron chi connectivity index (χ0n) is 25.9. The van der Waals surface area contributed by atoms with Gasteiger partial charge in [0.25, 0.3) is 0 Å². The summed E-state index contributed by atoms with van der Waals surface area (Å²) in [4.78, 5) is 16.0. The molecule has 1 saturated carbocycles. The fraction of sp³-hybridized carbons (Fsp3) is 0.781. The van der Waals surface area contributed by atoms with Gasteiger partial charge in [-0.15, -0.1) is 0 Å². The minimum atomic E-state index is -2.12. The van der Waals surface area contributed by atoms with Crippen LogP contribution < -0.4 is 15.7 Å². The molecular weight excluding hydrogens is 525 g/mol. The van der Waals surface area contributed by atoms with E-state index in [-0.39, 0.29) is 16.1 Å². The third-order valence-electron chi connectivity index (χ3n) is 9.66. The van der Waals surface area contributed by atoms with E-state index in [1.807, 2.05) is 21.3 Å². The molecule has 1 saturated heterocycles. The molecule has 40 heavy (non-hydrogen) atoms. The van der Waals surface area contributed by atoms with Crippen LogP contribution in [0.1, 0.15) is 112 Å². The highest BCUT2D eigenvalue weighted by Gasteiger charge is 2.54. The molecule has 225 valence electrons. The van der Waals surface area contributed by atoms with Crippen molar-refractivity contribution in [3.63, 3.8) is 0 Å². The Labute approximate surface area is 248 Å². The van der Waals surface area contributed by atoms with Gasteiger partial charge in [-0.05, 0) is 96.9 Å². The van der Waals surface area contributed by atoms with Crippen molar-refractivity contribution in [1.29, 1.82) is 0 Å². The lowest BCUT2D eigenvalue weighted by atomic mass is 9.73. The highest BCUT2D eigenvalue weighted by molar-refractivity contribution is 7.81. The largest absolute Gasteiger partial charge is 0.428 e. The van der Waals surface area contributed by atoms with Crippen molar-refractivity contribution in [1.82, 2.24) is 5.32 Å². The monoisotopic (exact) mass is 577 g/mol. The standard InChI is InChI=1S/C25H38BN2O2S.C7H14F2/c1-6-7-17-14-19(15-17)28-21-16-18(26-30-23(2,3)24(4,5)31)8-9-20(21)25(22(28)29)10-12-27-13-11-25;1-3-5-6(4-2)7(8)9/h8-9,16-17,19,27,31H,6-7,10-15H2,1-5H3;6-7H,3-5H2,1-2H3. The number of hydrogen-bond acceptors (Lipinski definition) is 4. The number of anilines is 1. The van der Waals surface area contributed by atoms with Gasteiger partial charge in [0, 0.05) is 22.4 Å². The molecule has 0 aromatic heterocycles. The van der Waals surface area contributed by atoms with E-state index < -0.39 is 12.0 Å². The molecule has 1 spiro atoms. The lowest BCUT2D eigenvalue weighted by Crippen LogP contribution is -2.53. The van der Waals surface area contributed by atoms with Crippen LogP contribution in [0.2, 0.25) is 0 Å². The number of thiol groups is 1. The molecule has 4 nitrogen and oxygen atoms in total. The highest BCUT2D eigenvalue weighted by atomic mass is 32.1. The quantitative estimate of drug-likeness (QED) is 0.219. The van der Waals surface area contributed by atoms with E-state index in [1.54, 1.807) is 0 Å². The van der Waals surface area contributed by atoms with Gasteiger partial charge >= 0.3 is 7.48 Å². The van der Waals surface area contributed by atoms with Crippen molar-refractivity contribution in [3.8, 4) is 0 Å². The number of benzene rings is 1. The van der Waals surface area contributed by atoms with Crippen molar-refractivity contribution >= 4 is 37.2 Å². The van der Waals surface area contributed by atoms with E-state index in [0.29, 0.717) is 24.8 Å². The van der Waals surface area contributed by atoms with Crippen LogP contribution in [0.15, 0.2) is 18.2 Å². The number of halogens is 2. The predicted octanol–water partition coefficient (Wildman–Crippen LogP) is 7.06. The summed E-state index contributed by atoms with van der Waals surface area (Å²) in [6, 6.07) is 6.83. The van der Waals surface area contributed by atoms with Gasteiger partial charge in [0.05, 0.1) is 11.0 Å². The molecule has 1 aromatic rings. The van der Waals surface area contributed by atoms with Gasteiger partial charge in [-0.1, -0.05) is 57.6 Å². The molecule has 2 fully saturated rings. The van der Waals surface area contributed by atoms with Crippen molar-refractivity contribution in [2.24, 2.45) is 11.8 Å².